The fourth-order valence-corrected chi connectivity index (χ4v) is 4.47. The minimum Gasteiger partial charge on any atom is -0.468 e. The lowest BCUT2D eigenvalue weighted by Crippen LogP contribution is -2.42. The summed E-state index contributed by atoms with van der Waals surface area (Å²) in [5.74, 6) is 4.58. The van der Waals surface area contributed by atoms with E-state index in [2.05, 4.69) is 17.1 Å². The first kappa shape index (κ1) is 15.7. The van der Waals surface area contributed by atoms with Crippen molar-refractivity contribution < 1.29 is 9.21 Å². The van der Waals surface area contributed by atoms with Gasteiger partial charge in [-0.1, -0.05) is 12.2 Å². The predicted molar refractivity (Wildman–Crippen MR) is 90.7 cm³/mol. The second kappa shape index (κ2) is 7.91. The van der Waals surface area contributed by atoms with E-state index >= 15 is 0 Å². The summed E-state index contributed by atoms with van der Waals surface area (Å²) in [6.45, 7) is 1.90. The van der Waals surface area contributed by atoms with Gasteiger partial charge < -0.3 is 9.32 Å². The summed E-state index contributed by atoms with van der Waals surface area (Å²) in [7, 11) is 0. The third kappa shape index (κ3) is 4.19. The number of hydrogen-bond acceptors (Lipinski definition) is 3. The fraction of sp³-hybridized carbons (Fsp3) is 0.611. The molecule has 1 saturated heterocycles. The molecule has 22 heavy (non-hydrogen) atoms. The molecular formula is C18H25NO2S. The van der Waals surface area contributed by atoms with Gasteiger partial charge in [0.25, 0.3) is 0 Å². The molecule has 0 spiro atoms. The number of thioether (sulfide) groups is 1. The zero-order chi connectivity index (χ0) is 15.2. The lowest BCUT2D eigenvalue weighted by Gasteiger charge is -2.34. The molecule has 4 heteroatoms. The maximum Gasteiger partial charge on any atom is 0.226 e. The van der Waals surface area contributed by atoms with Crippen LogP contribution in [0.2, 0.25) is 0 Å². The monoisotopic (exact) mass is 319 g/mol. The molecule has 0 radical (unpaired) electrons. The van der Waals surface area contributed by atoms with E-state index in [0.717, 1.165) is 62.6 Å². The molecule has 1 amide bonds. The van der Waals surface area contributed by atoms with Crippen LogP contribution in [0, 0.1) is 11.8 Å². The molecule has 3 rings (SSSR count). The van der Waals surface area contributed by atoms with E-state index in [9.17, 15) is 4.79 Å². The molecule has 1 aromatic heterocycles. The molecule has 2 heterocycles. The standard InChI is InChI=1S/C18H25NO2S/c20-18(16-5-2-1-3-6-16)19-10-8-15(9-11-19)13-22-14-17-7-4-12-21-17/h1-2,4,7,12,15-16H,3,5-6,8-11,13-14H2/t16-/m0/s1. The zero-order valence-corrected chi connectivity index (χ0v) is 13.9. The third-order valence-electron chi connectivity index (χ3n) is 4.72. The third-order valence-corrected chi connectivity index (χ3v) is 5.92. The van der Waals surface area contributed by atoms with Crippen LogP contribution in [0.4, 0.5) is 0 Å². The quantitative estimate of drug-likeness (QED) is 0.766. The predicted octanol–water partition coefficient (Wildman–Crippen LogP) is 4.11. The van der Waals surface area contributed by atoms with Gasteiger partial charge in [0.1, 0.15) is 5.76 Å². The number of rotatable bonds is 5. The lowest BCUT2D eigenvalue weighted by atomic mass is 9.91. The molecule has 1 aliphatic carbocycles. The average molecular weight is 319 g/mol. The first-order valence-electron chi connectivity index (χ1n) is 8.37. The van der Waals surface area contributed by atoms with Crippen molar-refractivity contribution in [2.45, 2.75) is 37.9 Å². The maximum atomic E-state index is 12.5. The normalized spacial score (nSPS) is 22.9. The van der Waals surface area contributed by atoms with Crippen LogP contribution in [0.3, 0.4) is 0 Å². The molecule has 1 fully saturated rings. The summed E-state index contributed by atoms with van der Waals surface area (Å²) in [6.07, 6.45) is 11.5. The highest BCUT2D eigenvalue weighted by Crippen LogP contribution is 2.27. The van der Waals surface area contributed by atoms with Crippen LogP contribution in [-0.2, 0) is 10.5 Å². The van der Waals surface area contributed by atoms with Crippen LogP contribution < -0.4 is 0 Å². The van der Waals surface area contributed by atoms with Gasteiger partial charge in [-0.05, 0) is 55.9 Å². The van der Waals surface area contributed by atoms with E-state index in [0.29, 0.717) is 5.91 Å². The van der Waals surface area contributed by atoms with Crippen molar-refractivity contribution in [1.82, 2.24) is 4.90 Å². The molecule has 1 aromatic rings. The SMILES string of the molecule is O=C([C@H]1CC=CCC1)N1CCC(CSCc2ccco2)CC1. The number of carbonyl (C=O) groups excluding carboxylic acids is 1. The van der Waals surface area contributed by atoms with Crippen molar-refractivity contribution in [3.05, 3.63) is 36.3 Å². The summed E-state index contributed by atoms with van der Waals surface area (Å²) in [4.78, 5) is 14.6. The Hall–Kier alpha value is -1.16. The first-order chi connectivity index (χ1) is 10.8. The minimum atomic E-state index is 0.245. The number of piperidine rings is 1. The maximum absolute atomic E-state index is 12.5. The van der Waals surface area contributed by atoms with Crippen LogP contribution in [0.15, 0.2) is 35.0 Å². The van der Waals surface area contributed by atoms with E-state index in [-0.39, 0.29) is 5.92 Å². The van der Waals surface area contributed by atoms with E-state index in [1.54, 1.807) is 6.26 Å². The molecule has 0 N–H and O–H groups in total. The van der Waals surface area contributed by atoms with Gasteiger partial charge in [0, 0.05) is 19.0 Å². The number of amides is 1. The Morgan fingerprint density at radius 3 is 2.82 bits per heavy atom. The van der Waals surface area contributed by atoms with Gasteiger partial charge in [0.2, 0.25) is 5.91 Å². The minimum absolute atomic E-state index is 0.245. The molecule has 3 nitrogen and oxygen atoms in total. The van der Waals surface area contributed by atoms with E-state index in [1.807, 2.05) is 23.9 Å². The van der Waals surface area contributed by atoms with Crippen molar-refractivity contribution in [2.24, 2.45) is 11.8 Å². The Balaban J connectivity index is 1.36. The molecular weight excluding hydrogens is 294 g/mol. The Morgan fingerprint density at radius 2 is 2.14 bits per heavy atom. The van der Waals surface area contributed by atoms with Gasteiger partial charge in [-0.2, -0.15) is 11.8 Å². The smallest absolute Gasteiger partial charge is 0.226 e. The molecule has 2 aliphatic rings. The highest BCUT2D eigenvalue weighted by Gasteiger charge is 2.28. The summed E-state index contributed by atoms with van der Waals surface area (Å²) in [6, 6.07) is 3.98. The summed E-state index contributed by atoms with van der Waals surface area (Å²) >= 11 is 1.95. The van der Waals surface area contributed by atoms with Crippen LogP contribution in [0.1, 0.15) is 37.9 Å². The van der Waals surface area contributed by atoms with Crippen molar-refractivity contribution in [3.8, 4) is 0 Å². The molecule has 1 aliphatic heterocycles. The summed E-state index contributed by atoms with van der Waals surface area (Å²) in [5.41, 5.74) is 0. The van der Waals surface area contributed by atoms with Crippen molar-refractivity contribution in [1.29, 1.82) is 0 Å². The Kier molecular flexibility index (Phi) is 5.65. The average Bonchev–Trinajstić information content (AvgIpc) is 3.09. The van der Waals surface area contributed by atoms with Gasteiger partial charge in [-0.3, -0.25) is 4.79 Å². The van der Waals surface area contributed by atoms with E-state index < -0.39 is 0 Å². The highest BCUT2D eigenvalue weighted by molar-refractivity contribution is 7.98. The molecule has 1 atom stereocenters. The number of furan rings is 1. The van der Waals surface area contributed by atoms with Crippen LogP contribution in [0.25, 0.3) is 0 Å². The first-order valence-corrected chi connectivity index (χ1v) is 9.52. The number of nitrogens with zero attached hydrogens (tertiary/aromatic N) is 1. The lowest BCUT2D eigenvalue weighted by molar-refractivity contribution is -0.137. The number of allylic oxidation sites excluding steroid dienone is 2. The van der Waals surface area contributed by atoms with Crippen molar-refractivity contribution >= 4 is 17.7 Å². The largest absolute Gasteiger partial charge is 0.468 e. The van der Waals surface area contributed by atoms with Crippen LogP contribution in [-0.4, -0.2) is 29.6 Å². The summed E-state index contributed by atoms with van der Waals surface area (Å²) in [5, 5.41) is 0. The molecule has 0 saturated carbocycles. The van der Waals surface area contributed by atoms with Gasteiger partial charge in [0.05, 0.1) is 12.0 Å². The fourth-order valence-electron chi connectivity index (χ4n) is 3.32. The molecule has 0 aromatic carbocycles. The Morgan fingerprint density at radius 1 is 1.27 bits per heavy atom. The zero-order valence-electron chi connectivity index (χ0n) is 13.1. The number of hydrogen-bond donors (Lipinski definition) is 0. The van der Waals surface area contributed by atoms with Gasteiger partial charge in [-0.25, -0.2) is 0 Å². The Bertz CT molecular complexity index is 489. The molecule has 0 bridgehead atoms. The van der Waals surface area contributed by atoms with Gasteiger partial charge >= 0.3 is 0 Å². The topological polar surface area (TPSA) is 33.5 Å². The Labute approximate surface area is 137 Å². The van der Waals surface area contributed by atoms with Crippen LogP contribution >= 0.6 is 11.8 Å². The van der Waals surface area contributed by atoms with Crippen LogP contribution in [0.5, 0.6) is 0 Å². The molecule has 0 unspecified atom stereocenters. The second-order valence-corrected chi connectivity index (χ2v) is 7.37. The van der Waals surface area contributed by atoms with Crippen molar-refractivity contribution in [3.63, 3.8) is 0 Å². The van der Waals surface area contributed by atoms with E-state index in [4.69, 9.17) is 4.42 Å². The van der Waals surface area contributed by atoms with E-state index in [1.165, 1.54) is 5.75 Å². The second-order valence-electron chi connectivity index (χ2n) is 6.34. The number of likely N-dealkylation sites (tertiary alicyclic amines) is 1. The highest BCUT2D eigenvalue weighted by atomic mass is 32.2. The van der Waals surface area contributed by atoms with Gasteiger partial charge in [-0.15, -0.1) is 0 Å². The molecule has 120 valence electrons. The van der Waals surface area contributed by atoms with Gasteiger partial charge in [0.15, 0.2) is 0 Å². The number of carbonyl (C=O) groups is 1. The summed E-state index contributed by atoms with van der Waals surface area (Å²) < 4.78 is 5.36. The van der Waals surface area contributed by atoms with Crippen molar-refractivity contribution in [2.75, 3.05) is 18.8 Å².